The van der Waals surface area contributed by atoms with Crippen molar-refractivity contribution in [3.05, 3.63) is 22.2 Å². The number of aliphatic hydroxyl groups is 1. The molecule has 0 unspecified atom stereocenters. The molecule has 1 aliphatic carbocycles. The monoisotopic (exact) mass is 266 g/mol. The minimum absolute atomic E-state index is 0.0828. The van der Waals surface area contributed by atoms with Crippen molar-refractivity contribution in [3.63, 3.8) is 0 Å². The van der Waals surface area contributed by atoms with Crippen molar-refractivity contribution in [2.75, 3.05) is 24.2 Å². The van der Waals surface area contributed by atoms with E-state index in [-0.39, 0.29) is 18.1 Å². The smallest absolute Gasteiger partial charge is 0.311 e. The fourth-order valence-electron chi connectivity index (χ4n) is 2.33. The Morgan fingerprint density at radius 2 is 2.16 bits per heavy atom. The predicted molar refractivity (Wildman–Crippen MR) is 72.3 cm³/mol. The molecular formula is C12H18N4O3. The van der Waals surface area contributed by atoms with E-state index in [1.807, 2.05) is 0 Å². The summed E-state index contributed by atoms with van der Waals surface area (Å²) in [6, 6.07) is 2.95. The molecule has 0 bridgehead atoms. The minimum atomic E-state index is -0.773. The summed E-state index contributed by atoms with van der Waals surface area (Å²) in [5, 5.41) is 26.9. The van der Waals surface area contributed by atoms with E-state index in [4.69, 9.17) is 0 Å². The van der Waals surface area contributed by atoms with Gasteiger partial charge in [-0.3, -0.25) is 10.1 Å². The maximum atomic E-state index is 10.9. The Labute approximate surface area is 111 Å². The first-order valence-electron chi connectivity index (χ1n) is 6.33. The highest BCUT2D eigenvalue weighted by Gasteiger charge is 2.31. The van der Waals surface area contributed by atoms with Gasteiger partial charge in [-0.15, -0.1) is 0 Å². The normalized spacial score (nSPS) is 17.2. The number of pyridine rings is 1. The molecule has 0 saturated heterocycles. The van der Waals surface area contributed by atoms with E-state index in [0.29, 0.717) is 5.82 Å². The van der Waals surface area contributed by atoms with Crippen LogP contribution in [0, 0.1) is 10.1 Å². The SMILES string of the molecule is CNc1ccc([N+](=O)[O-])c(NCC2(O)CCCC2)n1. The van der Waals surface area contributed by atoms with Gasteiger partial charge in [0.25, 0.3) is 0 Å². The molecule has 0 spiro atoms. The van der Waals surface area contributed by atoms with Gasteiger partial charge in [-0.25, -0.2) is 4.98 Å². The summed E-state index contributed by atoms with van der Waals surface area (Å²) in [6.07, 6.45) is 3.42. The fourth-order valence-corrected chi connectivity index (χ4v) is 2.33. The summed E-state index contributed by atoms with van der Waals surface area (Å²) in [7, 11) is 1.70. The van der Waals surface area contributed by atoms with Gasteiger partial charge in [0.2, 0.25) is 5.82 Å². The van der Waals surface area contributed by atoms with Crippen molar-refractivity contribution >= 4 is 17.3 Å². The highest BCUT2D eigenvalue weighted by Crippen LogP contribution is 2.31. The van der Waals surface area contributed by atoms with Crippen LogP contribution in [0.5, 0.6) is 0 Å². The van der Waals surface area contributed by atoms with Crippen molar-refractivity contribution in [1.82, 2.24) is 4.98 Å². The van der Waals surface area contributed by atoms with Crippen LogP contribution in [-0.4, -0.2) is 34.2 Å². The van der Waals surface area contributed by atoms with Crippen LogP contribution in [0.3, 0.4) is 0 Å². The van der Waals surface area contributed by atoms with Crippen LogP contribution < -0.4 is 10.6 Å². The average Bonchev–Trinajstić information content (AvgIpc) is 2.83. The predicted octanol–water partition coefficient (Wildman–Crippen LogP) is 1.75. The maximum absolute atomic E-state index is 10.9. The number of nitrogens with zero attached hydrogens (tertiary/aromatic N) is 2. The minimum Gasteiger partial charge on any atom is -0.388 e. The lowest BCUT2D eigenvalue weighted by atomic mass is 10.0. The summed E-state index contributed by atoms with van der Waals surface area (Å²) in [6.45, 7) is 0.286. The van der Waals surface area contributed by atoms with E-state index < -0.39 is 10.5 Å². The van der Waals surface area contributed by atoms with Crippen LogP contribution in [0.2, 0.25) is 0 Å². The second kappa shape index (κ2) is 5.40. The summed E-state index contributed by atoms with van der Waals surface area (Å²) in [4.78, 5) is 14.6. The summed E-state index contributed by atoms with van der Waals surface area (Å²) in [5.74, 6) is 0.740. The Balaban J connectivity index is 2.15. The number of nitro groups is 1. The number of hydrogen-bond donors (Lipinski definition) is 3. The Morgan fingerprint density at radius 3 is 2.74 bits per heavy atom. The van der Waals surface area contributed by atoms with Crippen LogP contribution in [0.15, 0.2) is 12.1 Å². The van der Waals surface area contributed by atoms with Gasteiger partial charge < -0.3 is 15.7 Å². The van der Waals surface area contributed by atoms with Crippen LogP contribution >= 0.6 is 0 Å². The van der Waals surface area contributed by atoms with Crippen molar-refractivity contribution in [2.24, 2.45) is 0 Å². The summed E-state index contributed by atoms with van der Waals surface area (Å²) >= 11 is 0. The van der Waals surface area contributed by atoms with Gasteiger partial charge >= 0.3 is 5.69 Å². The lowest BCUT2D eigenvalue weighted by Gasteiger charge is -2.22. The zero-order valence-corrected chi connectivity index (χ0v) is 10.8. The molecule has 7 nitrogen and oxygen atoms in total. The van der Waals surface area contributed by atoms with Gasteiger partial charge in [0.05, 0.1) is 10.5 Å². The molecule has 2 rings (SSSR count). The van der Waals surface area contributed by atoms with Crippen molar-refractivity contribution in [1.29, 1.82) is 0 Å². The van der Waals surface area contributed by atoms with E-state index in [9.17, 15) is 15.2 Å². The molecule has 3 N–H and O–H groups in total. The Morgan fingerprint density at radius 1 is 1.47 bits per heavy atom. The topological polar surface area (TPSA) is 100 Å². The first-order chi connectivity index (χ1) is 9.04. The third-order valence-electron chi connectivity index (χ3n) is 3.45. The molecule has 1 aromatic rings. The summed E-state index contributed by atoms with van der Waals surface area (Å²) in [5.41, 5.74) is -0.855. The molecule has 19 heavy (non-hydrogen) atoms. The standard InChI is InChI=1S/C12H18N4O3/c1-13-10-5-4-9(16(18)19)11(15-10)14-8-12(17)6-2-3-7-12/h4-5,17H,2-3,6-8H2,1H3,(H2,13,14,15). The molecule has 0 aromatic carbocycles. The largest absolute Gasteiger partial charge is 0.388 e. The number of rotatable bonds is 5. The van der Waals surface area contributed by atoms with E-state index in [0.717, 1.165) is 25.7 Å². The fraction of sp³-hybridized carbons (Fsp3) is 0.583. The molecule has 104 valence electrons. The molecule has 1 aromatic heterocycles. The Bertz CT molecular complexity index is 472. The van der Waals surface area contributed by atoms with Crippen LogP contribution in [-0.2, 0) is 0 Å². The van der Waals surface area contributed by atoms with Gasteiger partial charge in [-0.05, 0) is 18.9 Å². The number of hydrogen-bond acceptors (Lipinski definition) is 6. The molecule has 1 saturated carbocycles. The van der Waals surface area contributed by atoms with E-state index in [1.54, 1.807) is 13.1 Å². The molecular weight excluding hydrogens is 248 g/mol. The molecule has 0 amide bonds. The molecule has 1 fully saturated rings. The lowest BCUT2D eigenvalue weighted by molar-refractivity contribution is -0.384. The number of nitrogens with one attached hydrogen (secondary N) is 2. The van der Waals surface area contributed by atoms with Crippen molar-refractivity contribution in [3.8, 4) is 0 Å². The van der Waals surface area contributed by atoms with Crippen molar-refractivity contribution in [2.45, 2.75) is 31.3 Å². The lowest BCUT2D eigenvalue weighted by Crippen LogP contribution is -2.33. The van der Waals surface area contributed by atoms with Crippen LogP contribution in [0.4, 0.5) is 17.3 Å². The van der Waals surface area contributed by atoms with Gasteiger partial charge in [0.15, 0.2) is 0 Å². The molecule has 0 atom stereocenters. The quantitative estimate of drug-likeness (QED) is 0.554. The van der Waals surface area contributed by atoms with Gasteiger partial charge in [0.1, 0.15) is 5.82 Å². The van der Waals surface area contributed by atoms with E-state index in [2.05, 4.69) is 15.6 Å². The molecule has 1 aliphatic rings. The average molecular weight is 266 g/mol. The van der Waals surface area contributed by atoms with Crippen molar-refractivity contribution < 1.29 is 10.0 Å². The first kappa shape index (κ1) is 13.5. The summed E-state index contributed by atoms with van der Waals surface area (Å²) < 4.78 is 0. The Hall–Kier alpha value is -1.89. The van der Waals surface area contributed by atoms with Gasteiger partial charge in [0, 0.05) is 19.7 Å². The second-order valence-electron chi connectivity index (χ2n) is 4.86. The number of aromatic nitrogens is 1. The number of anilines is 2. The zero-order chi connectivity index (χ0) is 13.9. The van der Waals surface area contributed by atoms with E-state index in [1.165, 1.54) is 6.07 Å². The van der Waals surface area contributed by atoms with Gasteiger partial charge in [-0.1, -0.05) is 12.8 Å². The maximum Gasteiger partial charge on any atom is 0.311 e. The highest BCUT2D eigenvalue weighted by molar-refractivity contribution is 5.60. The van der Waals surface area contributed by atoms with E-state index >= 15 is 0 Å². The van der Waals surface area contributed by atoms with Crippen LogP contribution in [0.1, 0.15) is 25.7 Å². The molecule has 7 heteroatoms. The highest BCUT2D eigenvalue weighted by atomic mass is 16.6. The third kappa shape index (κ3) is 3.11. The first-order valence-corrected chi connectivity index (χ1v) is 6.33. The Kier molecular flexibility index (Phi) is 3.84. The molecule has 0 radical (unpaired) electrons. The van der Waals surface area contributed by atoms with Crippen LogP contribution in [0.25, 0.3) is 0 Å². The molecule has 1 heterocycles. The second-order valence-corrected chi connectivity index (χ2v) is 4.86. The molecule has 0 aliphatic heterocycles. The van der Waals surface area contributed by atoms with Gasteiger partial charge in [-0.2, -0.15) is 0 Å². The third-order valence-corrected chi connectivity index (χ3v) is 3.45. The zero-order valence-electron chi connectivity index (χ0n) is 10.8.